The second-order valence-corrected chi connectivity index (χ2v) is 6.73. The Morgan fingerprint density at radius 3 is 2.90 bits per heavy atom. The van der Waals surface area contributed by atoms with Crippen molar-refractivity contribution in [2.24, 2.45) is 0 Å². The van der Waals surface area contributed by atoms with Crippen LogP contribution in [0.2, 0.25) is 0 Å². The van der Waals surface area contributed by atoms with Crippen molar-refractivity contribution in [2.75, 3.05) is 4.72 Å². The normalized spacial score (nSPS) is 15.4. The van der Waals surface area contributed by atoms with Gasteiger partial charge >= 0.3 is 0 Å². The van der Waals surface area contributed by atoms with Gasteiger partial charge in [-0.3, -0.25) is 9.82 Å². The maximum atomic E-state index is 12.1. The first-order valence-corrected chi connectivity index (χ1v) is 8.02. The molecule has 8 heteroatoms. The quantitative estimate of drug-likeness (QED) is 0.769. The second kappa shape index (κ2) is 4.32. The number of hydrogen-bond donors (Lipinski definition) is 2. The predicted octanol–water partition coefficient (Wildman–Crippen LogP) is 2.23. The van der Waals surface area contributed by atoms with Gasteiger partial charge < -0.3 is 4.42 Å². The molecule has 0 aliphatic heterocycles. The fraction of sp³-hybridized carbons (Fsp3) is 0.231. The van der Waals surface area contributed by atoms with Gasteiger partial charge in [0.05, 0.1) is 11.9 Å². The highest BCUT2D eigenvalue weighted by Crippen LogP contribution is 2.40. The Balaban J connectivity index is 1.67. The van der Waals surface area contributed by atoms with Crippen LogP contribution in [0.5, 0.6) is 0 Å². The lowest BCUT2D eigenvalue weighted by Gasteiger charge is -2.05. The van der Waals surface area contributed by atoms with Crippen LogP contribution < -0.4 is 4.72 Å². The summed E-state index contributed by atoms with van der Waals surface area (Å²) in [5.41, 5.74) is 1.77. The number of sulfonamides is 1. The van der Waals surface area contributed by atoms with Gasteiger partial charge in [0, 0.05) is 12.1 Å². The summed E-state index contributed by atoms with van der Waals surface area (Å²) >= 11 is 0. The van der Waals surface area contributed by atoms with Crippen molar-refractivity contribution in [3.63, 3.8) is 0 Å². The third kappa shape index (κ3) is 2.27. The van der Waals surface area contributed by atoms with Crippen LogP contribution in [0, 0.1) is 0 Å². The highest BCUT2D eigenvalue weighted by atomic mass is 32.2. The Morgan fingerprint density at radius 2 is 2.19 bits per heavy atom. The maximum absolute atomic E-state index is 12.1. The molecule has 1 aliphatic rings. The van der Waals surface area contributed by atoms with Crippen LogP contribution in [0.15, 0.2) is 39.9 Å². The molecular formula is C13H12N4O3S. The zero-order valence-corrected chi connectivity index (χ0v) is 11.7. The Hall–Kier alpha value is -2.35. The number of nitrogens with one attached hydrogen (secondary N) is 2. The number of nitrogens with zero attached hydrogens (tertiary/aromatic N) is 2. The number of fused-ring (bicyclic) bond motifs is 1. The number of hydrogen-bond acceptors (Lipinski definition) is 5. The van der Waals surface area contributed by atoms with E-state index in [0.717, 1.165) is 18.7 Å². The van der Waals surface area contributed by atoms with E-state index in [4.69, 9.17) is 4.42 Å². The number of aromatic amines is 1. The molecule has 0 amide bonds. The second-order valence-electron chi connectivity index (χ2n) is 5.05. The van der Waals surface area contributed by atoms with Crippen molar-refractivity contribution in [1.29, 1.82) is 0 Å². The van der Waals surface area contributed by atoms with Crippen molar-refractivity contribution in [3.05, 3.63) is 36.5 Å². The van der Waals surface area contributed by atoms with Crippen LogP contribution in [0.25, 0.3) is 11.1 Å². The number of anilines is 1. The number of rotatable bonds is 4. The average molecular weight is 304 g/mol. The van der Waals surface area contributed by atoms with Crippen LogP contribution in [-0.2, 0) is 10.0 Å². The summed E-state index contributed by atoms with van der Waals surface area (Å²) in [6.45, 7) is 0. The molecule has 108 valence electrons. The van der Waals surface area contributed by atoms with Gasteiger partial charge in [0.25, 0.3) is 10.0 Å². The molecule has 2 aromatic heterocycles. The van der Waals surface area contributed by atoms with Crippen molar-refractivity contribution >= 4 is 26.8 Å². The summed E-state index contributed by atoms with van der Waals surface area (Å²) < 4.78 is 32.4. The smallest absolute Gasteiger partial charge is 0.265 e. The third-order valence-corrected chi connectivity index (χ3v) is 4.71. The molecule has 0 saturated heterocycles. The fourth-order valence-electron chi connectivity index (χ4n) is 2.11. The van der Waals surface area contributed by atoms with Crippen molar-refractivity contribution in [2.45, 2.75) is 23.7 Å². The molecule has 0 radical (unpaired) electrons. The molecule has 0 bridgehead atoms. The summed E-state index contributed by atoms with van der Waals surface area (Å²) in [4.78, 5) is 4.49. The molecule has 2 heterocycles. The summed E-state index contributed by atoms with van der Waals surface area (Å²) in [6, 6.07) is 5.05. The predicted molar refractivity (Wildman–Crippen MR) is 75.4 cm³/mol. The lowest BCUT2D eigenvalue weighted by Crippen LogP contribution is -2.12. The highest BCUT2D eigenvalue weighted by molar-refractivity contribution is 7.92. The summed E-state index contributed by atoms with van der Waals surface area (Å²) in [7, 11) is -3.64. The van der Waals surface area contributed by atoms with E-state index in [-0.39, 0.29) is 4.90 Å². The molecule has 0 spiro atoms. The topological polar surface area (TPSA) is 101 Å². The van der Waals surface area contributed by atoms with E-state index in [1.165, 1.54) is 12.4 Å². The van der Waals surface area contributed by atoms with Gasteiger partial charge in [0.15, 0.2) is 11.5 Å². The maximum Gasteiger partial charge on any atom is 0.265 e. The lowest BCUT2D eigenvalue weighted by atomic mass is 10.3. The number of benzene rings is 1. The standard InChI is InChI=1S/C13H12N4O3S/c18-21(19,10-6-14-15-7-10)17-9-3-4-12-11(5-9)16-13(20-12)8-1-2-8/h3-8,17H,1-2H2,(H,14,15). The zero-order valence-electron chi connectivity index (χ0n) is 10.9. The van der Waals surface area contributed by atoms with Crippen LogP contribution >= 0.6 is 0 Å². The van der Waals surface area contributed by atoms with Gasteiger partial charge in [-0.05, 0) is 31.0 Å². The first kappa shape index (κ1) is 12.4. The lowest BCUT2D eigenvalue weighted by molar-refractivity contribution is 0.533. The minimum absolute atomic E-state index is 0.0846. The molecule has 4 rings (SSSR count). The first-order valence-electron chi connectivity index (χ1n) is 6.54. The average Bonchev–Trinajstić information content (AvgIpc) is 2.99. The van der Waals surface area contributed by atoms with Crippen LogP contribution in [-0.4, -0.2) is 23.6 Å². The van der Waals surface area contributed by atoms with Crippen LogP contribution in [0.3, 0.4) is 0 Å². The highest BCUT2D eigenvalue weighted by Gasteiger charge is 2.29. The molecular weight excluding hydrogens is 292 g/mol. The molecule has 1 fully saturated rings. The largest absolute Gasteiger partial charge is 0.440 e. The van der Waals surface area contributed by atoms with Gasteiger partial charge in [-0.15, -0.1) is 0 Å². The Morgan fingerprint density at radius 1 is 1.33 bits per heavy atom. The monoisotopic (exact) mass is 304 g/mol. The fourth-order valence-corrected chi connectivity index (χ4v) is 3.07. The molecule has 7 nitrogen and oxygen atoms in total. The van der Waals surface area contributed by atoms with Crippen LogP contribution in [0.1, 0.15) is 24.7 Å². The first-order chi connectivity index (χ1) is 10.1. The minimum atomic E-state index is -3.64. The minimum Gasteiger partial charge on any atom is -0.440 e. The van der Waals surface area contributed by atoms with E-state index in [2.05, 4.69) is 19.9 Å². The third-order valence-electron chi connectivity index (χ3n) is 3.37. The number of aromatic nitrogens is 3. The van der Waals surface area contributed by atoms with Gasteiger partial charge in [-0.2, -0.15) is 5.10 Å². The SMILES string of the molecule is O=S(=O)(Nc1ccc2oc(C3CC3)nc2c1)c1cn[nH]c1. The van der Waals surface area contributed by atoms with E-state index in [9.17, 15) is 8.42 Å². The molecule has 0 atom stereocenters. The zero-order chi connectivity index (χ0) is 14.4. The van der Waals surface area contributed by atoms with E-state index in [1.54, 1.807) is 18.2 Å². The Kier molecular flexibility index (Phi) is 2.55. The molecule has 2 N–H and O–H groups in total. The van der Waals surface area contributed by atoms with Gasteiger partial charge in [-0.1, -0.05) is 0 Å². The van der Waals surface area contributed by atoms with Crippen molar-refractivity contribution in [3.8, 4) is 0 Å². The molecule has 3 aromatic rings. The summed E-state index contributed by atoms with van der Waals surface area (Å²) in [5.74, 6) is 1.16. The summed E-state index contributed by atoms with van der Waals surface area (Å²) in [5, 5.41) is 6.12. The molecule has 21 heavy (non-hydrogen) atoms. The van der Waals surface area contributed by atoms with Gasteiger partial charge in [-0.25, -0.2) is 13.4 Å². The van der Waals surface area contributed by atoms with E-state index < -0.39 is 10.0 Å². The Bertz CT molecular complexity index is 895. The molecule has 1 saturated carbocycles. The summed E-state index contributed by atoms with van der Waals surface area (Å²) in [6.07, 6.45) is 4.78. The molecule has 1 aromatic carbocycles. The molecule has 0 unspecified atom stereocenters. The van der Waals surface area contributed by atoms with E-state index in [1.807, 2.05) is 0 Å². The van der Waals surface area contributed by atoms with Crippen LogP contribution in [0.4, 0.5) is 5.69 Å². The number of oxazole rings is 1. The van der Waals surface area contributed by atoms with Gasteiger partial charge in [0.2, 0.25) is 0 Å². The van der Waals surface area contributed by atoms with E-state index >= 15 is 0 Å². The van der Waals surface area contributed by atoms with Crippen molar-refractivity contribution < 1.29 is 12.8 Å². The van der Waals surface area contributed by atoms with E-state index in [0.29, 0.717) is 22.7 Å². The molecule has 1 aliphatic carbocycles. The van der Waals surface area contributed by atoms with Gasteiger partial charge in [0.1, 0.15) is 10.4 Å². The Labute approximate surface area is 120 Å². The number of H-pyrrole nitrogens is 1. The van der Waals surface area contributed by atoms with Crippen molar-refractivity contribution in [1.82, 2.24) is 15.2 Å².